The van der Waals surface area contributed by atoms with Crippen LogP contribution in [0, 0.1) is 5.82 Å². The second-order valence-electron chi connectivity index (χ2n) is 7.08. The van der Waals surface area contributed by atoms with E-state index in [1.54, 1.807) is 18.2 Å². The average molecular weight is 418 g/mol. The van der Waals surface area contributed by atoms with E-state index >= 15 is 0 Å². The van der Waals surface area contributed by atoms with Crippen LogP contribution < -0.4 is 5.32 Å². The van der Waals surface area contributed by atoms with Gasteiger partial charge in [0.25, 0.3) is 12.3 Å². The fourth-order valence-electron chi connectivity index (χ4n) is 3.60. The van der Waals surface area contributed by atoms with Crippen molar-refractivity contribution in [3.05, 3.63) is 65.2 Å². The van der Waals surface area contributed by atoms with Crippen LogP contribution in [0.3, 0.4) is 0 Å². The molecule has 30 heavy (non-hydrogen) atoms. The molecule has 0 aliphatic carbocycles. The van der Waals surface area contributed by atoms with Gasteiger partial charge in [0.2, 0.25) is 0 Å². The average Bonchev–Trinajstić information content (AvgIpc) is 3.19. The number of morpholine rings is 1. The predicted octanol–water partition coefficient (Wildman–Crippen LogP) is 3.44. The van der Waals surface area contributed by atoms with Crippen molar-refractivity contribution in [2.75, 3.05) is 32.8 Å². The van der Waals surface area contributed by atoms with Crippen molar-refractivity contribution in [1.82, 2.24) is 20.2 Å². The Hall–Kier alpha value is -2.91. The van der Waals surface area contributed by atoms with E-state index in [4.69, 9.17) is 4.74 Å². The van der Waals surface area contributed by atoms with Crippen molar-refractivity contribution >= 4 is 16.9 Å². The van der Waals surface area contributed by atoms with Gasteiger partial charge in [0, 0.05) is 25.2 Å². The highest BCUT2D eigenvalue weighted by molar-refractivity contribution is 5.97. The normalized spacial score (nSPS) is 16.1. The number of nitrogens with zero attached hydrogens (tertiary/aromatic N) is 2. The minimum Gasteiger partial charge on any atom is -0.379 e. The van der Waals surface area contributed by atoms with Gasteiger partial charge < -0.3 is 15.0 Å². The number of hydrogen-bond acceptors (Lipinski definition) is 4. The SMILES string of the molecule is O=C(NCC(c1ccc(F)cc1)N1CCOCC1)c1ccc2nc(C(F)F)[nH]c2c1. The number of imidazole rings is 1. The van der Waals surface area contributed by atoms with Crippen molar-refractivity contribution in [2.45, 2.75) is 12.5 Å². The van der Waals surface area contributed by atoms with Crippen LogP contribution in [0.15, 0.2) is 42.5 Å². The maximum absolute atomic E-state index is 13.3. The van der Waals surface area contributed by atoms with Crippen molar-refractivity contribution in [1.29, 1.82) is 0 Å². The van der Waals surface area contributed by atoms with Crippen molar-refractivity contribution < 1.29 is 22.7 Å². The first-order chi connectivity index (χ1) is 14.5. The summed E-state index contributed by atoms with van der Waals surface area (Å²) in [4.78, 5) is 21.2. The van der Waals surface area contributed by atoms with E-state index in [0.717, 1.165) is 5.56 Å². The van der Waals surface area contributed by atoms with Gasteiger partial charge in [0.15, 0.2) is 5.82 Å². The third-order valence-corrected chi connectivity index (χ3v) is 5.17. The molecule has 3 aromatic rings. The monoisotopic (exact) mass is 418 g/mol. The van der Waals surface area contributed by atoms with Crippen LogP contribution in [-0.2, 0) is 4.74 Å². The molecule has 6 nitrogen and oxygen atoms in total. The first-order valence-electron chi connectivity index (χ1n) is 9.64. The molecule has 1 amide bonds. The van der Waals surface area contributed by atoms with E-state index in [9.17, 15) is 18.0 Å². The number of alkyl halides is 2. The van der Waals surface area contributed by atoms with Crippen LogP contribution in [0.25, 0.3) is 11.0 Å². The molecule has 1 aromatic heterocycles. The van der Waals surface area contributed by atoms with E-state index in [2.05, 4.69) is 20.2 Å². The molecule has 4 rings (SSSR count). The maximum atomic E-state index is 13.3. The van der Waals surface area contributed by atoms with Crippen molar-refractivity contribution in [2.24, 2.45) is 0 Å². The van der Waals surface area contributed by atoms with Crippen LogP contribution in [-0.4, -0.2) is 53.6 Å². The first-order valence-corrected chi connectivity index (χ1v) is 9.64. The highest BCUT2D eigenvalue weighted by Gasteiger charge is 2.23. The molecule has 2 heterocycles. The number of fused-ring (bicyclic) bond motifs is 1. The van der Waals surface area contributed by atoms with Crippen LogP contribution in [0.2, 0.25) is 0 Å². The summed E-state index contributed by atoms with van der Waals surface area (Å²) in [7, 11) is 0. The number of halogens is 3. The lowest BCUT2D eigenvalue weighted by atomic mass is 10.0. The number of rotatable bonds is 6. The van der Waals surface area contributed by atoms with Crippen LogP contribution in [0.5, 0.6) is 0 Å². The standard InChI is InChI=1S/C21H21F3N4O2/c22-15-4-1-13(2-5-15)18(28-7-9-30-10-8-28)12-25-21(29)14-3-6-16-17(11-14)27-20(26-16)19(23)24/h1-6,11,18-19H,7-10,12H2,(H,25,29)(H,26,27). The molecular weight excluding hydrogens is 397 g/mol. The number of carbonyl (C=O) groups excluding carboxylic acids is 1. The summed E-state index contributed by atoms with van der Waals surface area (Å²) in [5.74, 6) is -1.07. The molecule has 158 valence electrons. The number of aromatic amines is 1. The second kappa shape index (κ2) is 8.85. The molecule has 9 heteroatoms. The number of hydrogen-bond donors (Lipinski definition) is 2. The van der Waals surface area contributed by atoms with E-state index in [0.29, 0.717) is 49.4 Å². The van der Waals surface area contributed by atoms with Gasteiger partial charge in [-0.1, -0.05) is 12.1 Å². The number of aromatic nitrogens is 2. The summed E-state index contributed by atoms with van der Waals surface area (Å²) in [5.41, 5.74) is 1.98. The fourth-order valence-corrected chi connectivity index (χ4v) is 3.60. The highest BCUT2D eigenvalue weighted by Crippen LogP contribution is 2.23. The zero-order valence-corrected chi connectivity index (χ0v) is 16.1. The van der Waals surface area contributed by atoms with Crippen LogP contribution in [0.1, 0.15) is 34.2 Å². The Labute approximate surface area is 171 Å². The lowest BCUT2D eigenvalue weighted by Crippen LogP contribution is -2.43. The number of H-pyrrole nitrogens is 1. The molecule has 1 atom stereocenters. The molecule has 1 aliphatic heterocycles. The fraction of sp³-hybridized carbons (Fsp3) is 0.333. The summed E-state index contributed by atoms with van der Waals surface area (Å²) in [6, 6.07) is 10.7. The summed E-state index contributed by atoms with van der Waals surface area (Å²) in [5, 5.41) is 2.91. The largest absolute Gasteiger partial charge is 0.379 e. The number of ether oxygens (including phenoxy) is 1. The number of carbonyl (C=O) groups is 1. The Morgan fingerprint density at radius 2 is 1.90 bits per heavy atom. The van der Waals surface area contributed by atoms with Gasteiger partial charge in [-0.3, -0.25) is 9.69 Å². The zero-order chi connectivity index (χ0) is 21.1. The lowest BCUT2D eigenvalue weighted by Gasteiger charge is -2.35. The molecule has 1 unspecified atom stereocenters. The Morgan fingerprint density at radius 1 is 1.17 bits per heavy atom. The molecule has 0 bridgehead atoms. The minimum absolute atomic E-state index is 0.139. The van der Waals surface area contributed by atoms with E-state index in [-0.39, 0.29) is 17.8 Å². The van der Waals surface area contributed by atoms with E-state index in [1.165, 1.54) is 24.3 Å². The molecule has 0 spiro atoms. The minimum atomic E-state index is -2.71. The van der Waals surface area contributed by atoms with Gasteiger partial charge in [-0.15, -0.1) is 0 Å². The molecule has 1 saturated heterocycles. The van der Waals surface area contributed by atoms with E-state index < -0.39 is 12.2 Å². The first kappa shape index (κ1) is 20.4. The Balaban J connectivity index is 1.50. The van der Waals surface area contributed by atoms with Gasteiger partial charge in [0.05, 0.1) is 30.3 Å². The summed E-state index contributed by atoms with van der Waals surface area (Å²) < 4.78 is 44.4. The van der Waals surface area contributed by atoms with Gasteiger partial charge in [-0.2, -0.15) is 0 Å². The molecule has 0 radical (unpaired) electrons. The van der Waals surface area contributed by atoms with Crippen molar-refractivity contribution in [3.8, 4) is 0 Å². The summed E-state index contributed by atoms with van der Waals surface area (Å²) in [6.45, 7) is 2.90. The third-order valence-electron chi connectivity index (χ3n) is 5.17. The lowest BCUT2D eigenvalue weighted by molar-refractivity contribution is 0.0162. The van der Waals surface area contributed by atoms with Gasteiger partial charge in [-0.05, 0) is 35.9 Å². The smallest absolute Gasteiger partial charge is 0.295 e. The number of benzene rings is 2. The van der Waals surface area contributed by atoms with Gasteiger partial charge >= 0.3 is 0 Å². The zero-order valence-electron chi connectivity index (χ0n) is 16.1. The summed E-state index contributed by atoms with van der Waals surface area (Å²) in [6.07, 6.45) is -2.71. The van der Waals surface area contributed by atoms with Crippen LogP contribution in [0.4, 0.5) is 13.2 Å². The van der Waals surface area contributed by atoms with E-state index in [1.807, 2.05) is 0 Å². The molecule has 2 N–H and O–H groups in total. The molecule has 2 aromatic carbocycles. The molecule has 1 fully saturated rings. The molecule has 0 saturated carbocycles. The summed E-state index contributed by atoms with van der Waals surface area (Å²) >= 11 is 0. The topological polar surface area (TPSA) is 70.2 Å². The Morgan fingerprint density at radius 3 is 2.60 bits per heavy atom. The molecule has 1 aliphatic rings. The Bertz CT molecular complexity index is 1020. The van der Waals surface area contributed by atoms with Gasteiger partial charge in [-0.25, -0.2) is 18.2 Å². The Kier molecular flexibility index (Phi) is 6.01. The van der Waals surface area contributed by atoms with Crippen LogP contribution >= 0.6 is 0 Å². The highest BCUT2D eigenvalue weighted by atomic mass is 19.3. The number of nitrogens with one attached hydrogen (secondary N) is 2. The number of amides is 1. The molecular formula is C21H21F3N4O2. The second-order valence-corrected chi connectivity index (χ2v) is 7.08. The predicted molar refractivity (Wildman–Crippen MR) is 105 cm³/mol. The third kappa shape index (κ3) is 4.47. The quantitative estimate of drug-likeness (QED) is 0.644. The van der Waals surface area contributed by atoms with Crippen molar-refractivity contribution in [3.63, 3.8) is 0 Å². The van der Waals surface area contributed by atoms with Gasteiger partial charge in [0.1, 0.15) is 5.82 Å². The maximum Gasteiger partial charge on any atom is 0.295 e.